The maximum absolute atomic E-state index is 13.0. The standard InChI is InChI=1S/C25H16Cl2F3N3O3/c1-13-8-9-18(12-19(13)26)33-23(35)20(27)21(24(33)36)31-16-6-2-4-14(10-16)22(34)32-17-7-3-5-15(11-17)25(28,29)30/h2-12,31H,1H3,(H,32,34). The molecule has 0 aliphatic carbocycles. The van der Waals surface area contributed by atoms with Crippen LogP contribution in [-0.2, 0) is 15.8 Å². The smallest absolute Gasteiger partial charge is 0.350 e. The van der Waals surface area contributed by atoms with Gasteiger partial charge < -0.3 is 10.6 Å². The van der Waals surface area contributed by atoms with Crippen LogP contribution in [-0.4, -0.2) is 17.7 Å². The van der Waals surface area contributed by atoms with Crippen molar-refractivity contribution in [2.24, 2.45) is 0 Å². The third kappa shape index (κ3) is 5.07. The molecule has 1 aliphatic heterocycles. The normalized spacial score (nSPS) is 13.9. The molecule has 36 heavy (non-hydrogen) atoms. The quantitative estimate of drug-likeness (QED) is 0.374. The van der Waals surface area contributed by atoms with E-state index in [1.807, 2.05) is 0 Å². The molecule has 3 aromatic rings. The lowest BCUT2D eigenvalue weighted by molar-refractivity contribution is -0.137. The molecule has 184 valence electrons. The Morgan fingerprint density at radius 2 is 1.58 bits per heavy atom. The van der Waals surface area contributed by atoms with E-state index in [-0.39, 0.29) is 33.4 Å². The number of hydrogen-bond acceptors (Lipinski definition) is 4. The Morgan fingerprint density at radius 3 is 2.28 bits per heavy atom. The summed E-state index contributed by atoms with van der Waals surface area (Å²) in [6.45, 7) is 1.77. The van der Waals surface area contributed by atoms with Crippen LogP contribution in [0.2, 0.25) is 5.02 Å². The number of carbonyl (C=O) groups excluding carboxylic acids is 3. The van der Waals surface area contributed by atoms with E-state index >= 15 is 0 Å². The summed E-state index contributed by atoms with van der Waals surface area (Å²) < 4.78 is 38.8. The Bertz CT molecular complexity index is 1440. The van der Waals surface area contributed by atoms with Crippen molar-refractivity contribution in [1.29, 1.82) is 0 Å². The van der Waals surface area contributed by atoms with E-state index in [9.17, 15) is 27.6 Å². The second-order valence-electron chi connectivity index (χ2n) is 7.81. The van der Waals surface area contributed by atoms with E-state index in [1.54, 1.807) is 19.1 Å². The highest BCUT2D eigenvalue weighted by molar-refractivity contribution is 6.53. The molecule has 0 saturated heterocycles. The molecule has 0 atom stereocenters. The predicted molar refractivity (Wildman–Crippen MR) is 131 cm³/mol. The zero-order valence-electron chi connectivity index (χ0n) is 18.4. The minimum Gasteiger partial charge on any atom is -0.350 e. The highest BCUT2D eigenvalue weighted by Crippen LogP contribution is 2.33. The zero-order valence-corrected chi connectivity index (χ0v) is 19.9. The number of alkyl halides is 3. The maximum atomic E-state index is 13.0. The molecule has 0 aromatic heterocycles. The second-order valence-corrected chi connectivity index (χ2v) is 8.59. The van der Waals surface area contributed by atoms with Crippen molar-refractivity contribution < 1.29 is 27.6 Å². The Labute approximate surface area is 213 Å². The molecule has 0 unspecified atom stereocenters. The van der Waals surface area contributed by atoms with Crippen molar-refractivity contribution in [2.45, 2.75) is 13.1 Å². The average molecular weight is 534 g/mol. The molecule has 0 spiro atoms. The minimum absolute atomic E-state index is 0.0390. The fraction of sp³-hybridized carbons (Fsp3) is 0.0800. The van der Waals surface area contributed by atoms with Gasteiger partial charge in [-0.2, -0.15) is 13.2 Å². The number of amides is 3. The lowest BCUT2D eigenvalue weighted by Gasteiger charge is -2.16. The number of rotatable bonds is 5. The zero-order chi connectivity index (χ0) is 26.2. The Kier molecular flexibility index (Phi) is 6.79. The van der Waals surface area contributed by atoms with Crippen LogP contribution in [0.5, 0.6) is 0 Å². The minimum atomic E-state index is -4.55. The molecule has 1 heterocycles. The first-order valence-electron chi connectivity index (χ1n) is 10.4. The summed E-state index contributed by atoms with van der Waals surface area (Å²) in [7, 11) is 0. The lowest BCUT2D eigenvalue weighted by Crippen LogP contribution is -2.32. The summed E-state index contributed by atoms with van der Waals surface area (Å²) in [5.74, 6) is -2.14. The van der Waals surface area contributed by atoms with E-state index in [2.05, 4.69) is 10.6 Å². The first kappa shape index (κ1) is 25.3. The van der Waals surface area contributed by atoms with E-state index in [0.717, 1.165) is 22.6 Å². The van der Waals surface area contributed by atoms with Crippen LogP contribution < -0.4 is 15.5 Å². The summed E-state index contributed by atoms with van der Waals surface area (Å²) in [5, 5.41) is 5.18. The van der Waals surface area contributed by atoms with E-state index in [4.69, 9.17) is 23.2 Å². The van der Waals surface area contributed by atoms with Gasteiger partial charge in [-0.25, -0.2) is 4.90 Å². The van der Waals surface area contributed by atoms with Gasteiger partial charge in [0.1, 0.15) is 10.7 Å². The third-order valence-corrected chi connectivity index (χ3v) is 6.04. The SMILES string of the molecule is Cc1ccc(N2C(=O)C(Cl)=C(Nc3cccc(C(=O)Nc4cccc(C(F)(F)F)c4)c3)C2=O)cc1Cl. The molecule has 6 nitrogen and oxygen atoms in total. The number of nitrogens with one attached hydrogen (secondary N) is 2. The number of aryl methyl sites for hydroxylation is 1. The van der Waals surface area contributed by atoms with Crippen molar-refractivity contribution in [2.75, 3.05) is 15.5 Å². The van der Waals surface area contributed by atoms with Crippen molar-refractivity contribution in [3.8, 4) is 0 Å². The summed E-state index contributed by atoms with van der Waals surface area (Å²) in [6.07, 6.45) is -4.55. The number of hydrogen-bond donors (Lipinski definition) is 2. The Hall–Kier alpha value is -3.82. The maximum Gasteiger partial charge on any atom is 0.416 e. The molecule has 0 fully saturated rings. The molecular weight excluding hydrogens is 518 g/mol. The third-order valence-electron chi connectivity index (χ3n) is 5.28. The number of benzene rings is 3. The van der Waals surface area contributed by atoms with Crippen molar-refractivity contribution in [3.63, 3.8) is 0 Å². The van der Waals surface area contributed by atoms with Crippen LogP contribution in [0.1, 0.15) is 21.5 Å². The van der Waals surface area contributed by atoms with Gasteiger partial charge in [-0.3, -0.25) is 14.4 Å². The van der Waals surface area contributed by atoms with Gasteiger partial charge >= 0.3 is 6.18 Å². The van der Waals surface area contributed by atoms with Gasteiger partial charge in [0.15, 0.2) is 0 Å². The molecule has 0 bridgehead atoms. The molecule has 2 N–H and O–H groups in total. The average Bonchev–Trinajstić information content (AvgIpc) is 3.04. The van der Waals surface area contributed by atoms with Crippen molar-refractivity contribution in [3.05, 3.63) is 99.2 Å². The van der Waals surface area contributed by atoms with E-state index < -0.39 is 29.5 Å². The lowest BCUT2D eigenvalue weighted by atomic mass is 10.1. The topological polar surface area (TPSA) is 78.5 Å². The predicted octanol–water partition coefficient (Wildman–Crippen LogP) is 6.36. The highest BCUT2D eigenvalue weighted by atomic mass is 35.5. The highest BCUT2D eigenvalue weighted by Gasteiger charge is 2.39. The van der Waals surface area contributed by atoms with Crippen LogP contribution >= 0.6 is 23.2 Å². The summed E-state index contributed by atoms with van der Waals surface area (Å²) >= 11 is 12.3. The molecule has 0 radical (unpaired) electrons. The van der Waals surface area contributed by atoms with Crippen molar-refractivity contribution in [1.82, 2.24) is 0 Å². The molecule has 11 heteroatoms. The Balaban J connectivity index is 1.53. The van der Waals surface area contributed by atoms with Crippen LogP contribution in [0.15, 0.2) is 77.5 Å². The first-order valence-corrected chi connectivity index (χ1v) is 11.1. The second kappa shape index (κ2) is 9.67. The van der Waals surface area contributed by atoms with Crippen LogP contribution in [0.25, 0.3) is 0 Å². The molecule has 0 saturated carbocycles. The molecular formula is C25H16Cl2F3N3O3. The number of imide groups is 1. The fourth-order valence-electron chi connectivity index (χ4n) is 3.43. The number of nitrogens with zero attached hydrogens (tertiary/aromatic N) is 1. The van der Waals surface area contributed by atoms with Gasteiger partial charge in [-0.1, -0.05) is 41.4 Å². The number of anilines is 3. The fourth-order valence-corrected chi connectivity index (χ4v) is 3.81. The van der Waals surface area contributed by atoms with Crippen LogP contribution in [0, 0.1) is 6.92 Å². The van der Waals surface area contributed by atoms with Crippen LogP contribution in [0.4, 0.5) is 30.2 Å². The van der Waals surface area contributed by atoms with Gasteiger partial charge in [0.25, 0.3) is 17.7 Å². The first-order chi connectivity index (χ1) is 17.0. The van der Waals surface area contributed by atoms with Gasteiger partial charge in [-0.15, -0.1) is 0 Å². The summed E-state index contributed by atoms with van der Waals surface area (Å²) in [5.41, 5.74) is 0.206. The summed E-state index contributed by atoms with van der Waals surface area (Å²) in [4.78, 5) is 39.2. The number of carbonyl (C=O) groups is 3. The molecule has 4 rings (SSSR count). The largest absolute Gasteiger partial charge is 0.416 e. The molecule has 3 amide bonds. The molecule has 3 aromatic carbocycles. The summed E-state index contributed by atoms with van der Waals surface area (Å²) in [6, 6.07) is 14.7. The number of halogens is 5. The van der Waals surface area contributed by atoms with Gasteiger partial charge in [-0.05, 0) is 61.0 Å². The van der Waals surface area contributed by atoms with Gasteiger partial charge in [0.05, 0.1) is 11.3 Å². The van der Waals surface area contributed by atoms with E-state index in [0.29, 0.717) is 5.02 Å². The van der Waals surface area contributed by atoms with Crippen LogP contribution in [0.3, 0.4) is 0 Å². The Morgan fingerprint density at radius 1 is 0.889 bits per heavy atom. The van der Waals surface area contributed by atoms with E-state index in [1.165, 1.54) is 42.5 Å². The van der Waals surface area contributed by atoms with Gasteiger partial charge in [0.2, 0.25) is 0 Å². The van der Waals surface area contributed by atoms with Gasteiger partial charge in [0, 0.05) is 22.0 Å². The van der Waals surface area contributed by atoms with Crippen molar-refractivity contribution >= 4 is 58.0 Å². The monoisotopic (exact) mass is 533 g/mol. The molecule has 1 aliphatic rings.